The van der Waals surface area contributed by atoms with Gasteiger partial charge < -0.3 is 13.9 Å². The van der Waals surface area contributed by atoms with Crippen molar-refractivity contribution in [2.24, 2.45) is 0 Å². The van der Waals surface area contributed by atoms with Crippen LogP contribution in [0.3, 0.4) is 0 Å². The highest BCUT2D eigenvalue weighted by atomic mass is 32.5. The van der Waals surface area contributed by atoms with Crippen LogP contribution in [0.2, 0.25) is 0 Å². The van der Waals surface area contributed by atoms with Gasteiger partial charge in [0.2, 0.25) is 0 Å². The quantitative estimate of drug-likeness (QED) is 0.106. The van der Waals surface area contributed by atoms with Gasteiger partial charge in [0.25, 0.3) is 0 Å². The topological polar surface area (TPSA) is 41.5 Å². The Morgan fingerprint density at radius 1 is 0.600 bits per heavy atom. The molecular weight excluding hydrogens is 411 g/mol. The van der Waals surface area contributed by atoms with Crippen molar-refractivity contribution in [2.45, 2.75) is 155 Å². The Morgan fingerprint density at radius 3 is 1.20 bits per heavy atom. The van der Waals surface area contributed by atoms with Gasteiger partial charge in [0.1, 0.15) is 6.72 Å². The molecular formula is C25H52O3PS-. The lowest BCUT2D eigenvalue weighted by molar-refractivity contribution is -0.209. The van der Waals surface area contributed by atoms with Crippen LogP contribution in [0.4, 0.5) is 0 Å². The molecule has 3 nitrogen and oxygen atoms in total. The van der Waals surface area contributed by atoms with Gasteiger partial charge in [-0.25, -0.2) is 0 Å². The van der Waals surface area contributed by atoms with Crippen LogP contribution in [-0.2, 0) is 20.9 Å². The Bertz CT molecular complexity index is 391. The first-order chi connectivity index (χ1) is 14.5. The fourth-order valence-electron chi connectivity index (χ4n) is 3.82. The Kier molecular flexibility index (Phi) is 23.1. The zero-order valence-electron chi connectivity index (χ0n) is 20.5. The Hall–Kier alpha value is 0.530. The maximum absolute atomic E-state index is 11.8. The van der Waals surface area contributed by atoms with Crippen LogP contribution in [0.5, 0.6) is 0 Å². The molecule has 0 fully saturated rings. The molecule has 0 saturated carbocycles. The molecule has 0 radical (unpaired) electrons. The van der Waals surface area contributed by atoms with Crippen molar-refractivity contribution in [1.29, 1.82) is 0 Å². The molecule has 1 atom stereocenters. The molecule has 0 aliphatic heterocycles. The van der Waals surface area contributed by atoms with Crippen LogP contribution in [-0.4, -0.2) is 12.7 Å². The van der Waals surface area contributed by atoms with Gasteiger partial charge in [-0.05, 0) is 20.3 Å². The maximum Gasteiger partial charge on any atom is 0.115 e. The number of hydrogen-bond donors (Lipinski definition) is 0. The molecule has 0 aliphatic rings. The third-order valence-corrected chi connectivity index (χ3v) is 7.34. The molecule has 0 aromatic heterocycles. The fourth-order valence-corrected chi connectivity index (χ4v) is 5.49. The molecule has 0 spiro atoms. The smallest absolute Gasteiger partial charge is 0.115 e. The van der Waals surface area contributed by atoms with Crippen LogP contribution in [0.1, 0.15) is 149 Å². The number of rotatable bonds is 24. The van der Waals surface area contributed by atoms with Crippen LogP contribution in [0.25, 0.3) is 0 Å². The minimum atomic E-state index is -3.26. The van der Waals surface area contributed by atoms with Crippen LogP contribution >= 0.6 is 6.72 Å². The van der Waals surface area contributed by atoms with Crippen molar-refractivity contribution in [3.63, 3.8) is 0 Å². The zero-order valence-corrected chi connectivity index (χ0v) is 22.2. The predicted molar refractivity (Wildman–Crippen MR) is 134 cm³/mol. The Morgan fingerprint density at radius 2 is 0.900 bits per heavy atom. The summed E-state index contributed by atoms with van der Waals surface area (Å²) in [5, 5.41) is 0. The normalized spacial score (nSPS) is 13.8. The van der Waals surface area contributed by atoms with E-state index in [1.54, 1.807) is 0 Å². The Labute approximate surface area is 194 Å². The number of unbranched alkanes of at least 4 members (excludes halogenated alkanes) is 19. The summed E-state index contributed by atoms with van der Waals surface area (Å²) in [5.74, 6) is 0. The predicted octanol–water partition coefficient (Wildman–Crippen LogP) is 8.83. The summed E-state index contributed by atoms with van der Waals surface area (Å²) < 4.78 is 10.4. The van der Waals surface area contributed by atoms with Gasteiger partial charge in [-0.15, -0.1) is 0 Å². The fraction of sp³-hybridized carbons (Fsp3) is 1.00. The Balaban J connectivity index is 3.14. The van der Waals surface area contributed by atoms with Gasteiger partial charge in [0, 0.05) is 0 Å². The van der Waals surface area contributed by atoms with E-state index in [4.69, 9.17) is 20.9 Å². The lowest BCUT2D eigenvalue weighted by Gasteiger charge is -2.29. The first-order valence-corrected chi connectivity index (χ1v) is 15.7. The second kappa shape index (κ2) is 22.7. The summed E-state index contributed by atoms with van der Waals surface area (Å²) in [5.41, 5.74) is 0. The van der Waals surface area contributed by atoms with E-state index in [0.717, 1.165) is 12.8 Å². The summed E-state index contributed by atoms with van der Waals surface area (Å²) in [6.07, 6.45) is 27.2. The molecule has 0 rings (SSSR count). The minimum Gasteiger partial charge on any atom is -0.780 e. The molecule has 0 bridgehead atoms. The van der Waals surface area contributed by atoms with Gasteiger partial charge in [-0.2, -0.15) is 0 Å². The average Bonchev–Trinajstić information content (AvgIpc) is 2.68. The van der Waals surface area contributed by atoms with Gasteiger partial charge in [0.05, 0.1) is 12.7 Å². The first kappa shape index (κ1) is 30.5. The third-order valence-electron chi connectivity index (χ3n) is 5.59. The van der Waals surface area contributed by atoms with E-state index in [9.17, 15) is 4.89 Å². The standard InChI is InChI=1S/C25H53O3PS/c1-4-5-6-7-8-9-10-11-12-13-14-15-16-17-18-19-20-21-22-23-24-27-29(26,30)28-25(2)3/h25H,4-24H2,1-3H3,(H,26,30)/p-1. The second-order valence-electron chi connectivity index (χ2n) is 9.15. The van der Waals surface area contributed by atoms with E-state index in [1.165, 1.54) is 116 Å². The lowest BCUT2D eigenvalue weighted by atomic mass is 10.0. The second-order valence-corrected chi connectivity index (χ2v) is 11.9. The molecule has 5 heteroatoms. The summed E-state index contributed by atoms with van der Waals surface area (Å²) in [4.78, 5) is 11.8. The molecule has 0 aliphatic carbocycles. The molecule has 30 heavy (non-hydrogen) atoms. The van der Waals surface area contributed by atoms with Crippen molar-refractivity contribution in [3.8, 4) is 0 Å². The van der Waals surface area contributed by atoms with Gasteiger partial charge in [-0.3, -0.25) is 0 Å². The SMILES string of the molecule is CCCCCCCCCCCCCCCCCCCCCCOP([O-])(=S)OC(C)C. The first-order valence-electron chi connectivity index (χ1n) is 13.1. The van der Waals surface area contributed by atoms with Gasteiger partial charge in [-0.1, -0.05) is 141 Å². The van der Waals surface area contributed by atoms with E-state index >= 15 is 0 Å². The zero-order chi connectivity index (χ0) is 22.3. The van der Waals surface area contributed by atoms with Crippen molar-refractivity contribution < 1.29 is 13.9 Å². The molecule has 0 saturated heterocycles. The van der Waals surface area contributed by atoms with Crippen LogP contribution in [0.15, 0.2) is 0 Å². The summed E-state index contributed by atoms with van der Waals surface area (Å²) in [7, 11) is 0. The average molecular weight is 464 g/mol. The highest BCUT2D eigenvalue weighted by Gasteiger charge is 2.06. The maximum atomic E-state index is 11.8. The van der Waals surface area contributed by atoms with Crippen LogP contribution in [0, 0.1) is 0 Å². The minimum absolute atomic E-state index is 0.150. The van der Waals surface area contributed by atoms with E-state index in [-0.39, 0.29) is 6.10 Å². The third kappa shape index (κ3) is 24.8. The summed E-state index contributed by atoms with van der Waals surface area (Å²) in [6, 6.07) is 0. The molecule has 0 heterocycles. The van der Waals surface area contributed by atoms with E-state index in [2.05, 4.69) is 6.92 Å². The molecule has 0 aromatic carbocycles. The highest BCUT2D eigenvalue weighted by Crippen LogP contribution is 2.40. The van der Waals surface area contributed by atoms with Crippen molar-refractivity contribution in [2.75, 3.05) is 6.61 Å². The van der Waals surface area contributed by atoms with Crippen LogP contribution < -0.4 is 4.89 Å². The summed E-state index contributed by atoms with van der Waals surface area (Å²) >= 11 is 4.86. The van der Waals surface area contributed by atoms with E-state index < -0.39 is 6.72 Å². The van der Waals surface area contributed by atoms with Crippen molar-refractivity contribution in [3.05, 3.63) is 0 Å². The lowest BCUT2D eigenvalue weighted by Crippen LogP contribution is -2.12. The van der Waals surface area contributed by atoms with Crippen molar-refractivity contribution >= 4 is 18.5 Å². The number of hydrogen-bond acceptors (Lipinski definition) is 4. The molecule has 182 valence electrons. The molecule has 1 unspecified atom stereocenters. The highest BCUT2D eigenvalue weighted by molar-refractivity contribution is 8.06. The van der Waals surface area contributed by atoms with Crippen molar-refractivity contribution in [1.82, 2.24) is 0 Å². The molecule has 0 amide bonds. The summed E-state index contributed by atoms with van der Waals surface area (Å²) in [6.45, 7) is 3.12. The van der Waals surface area contributed by atoms with Gasteiger partial charge in [0.15, 0.2) is 0 Å². The molecule has 0 N–H and O–H groups in total. The van der Waals surface area contributed by atoms with Gasteiger partial charge >= 0.3 is 0 Å². The molecule has 0 aromatic rings. The monoisotopic (exact) mass is 463 g/mol. The largest absolute Gasteiger partial charge is 0.780 e. The van der Waals surface area contributed by atoms with E-state index in [1.807, 2.05) is 13.8 Å². The van der Waals surface area contributed by atoms with E-state index in [0.29, 0.717) is 6.61 Å².